The number of rotatable bonds is 6. The summed E-state index contributed by atoms with van der Waals surface area (Å²) in [6, 6.07) is 9.28. The van der Waals surface area contributed by atoms with E-state index in [1.807, 2.05) is 0 Å². The Balaban J connectivity index is 1.40. The van der Waals surface area contributed by atoms with Gasteiger partial charge in [-0.2, -0.15) is 0 Å². The first-order valence-corrected chi connectivity index (χ1v) is 10.9. The molecule has 0 amide bonds. The molecule has 2 aromatic heterocycles. The number of halogens is 4. The number of benzene rings is 2. The van der Waals surface area contributed by atoms with Crippen molar-refractivity contribution in [3.63, 3.8) is 0 Å². The standard InChI is InChI=1S/C25H20F4N4O2/c1-35-22-8-18-20(9-21(22)31-17-10-25(28,29)11-17)32-23(33-24(18)34)4-13-2-3-19(30-12-13)14-5-15(26)7-16(27)6-14/h2-3,5-9,12,17,31H,4,10-11H2,1H3,(H,32,33,34). The summed E-state index contributed by atoms with van der Waals surface area (Å²) in [5.74, 6) is -3.32. The number of nitrogens with zero attached hydrogens (tertiary/aromatic N) is 2. The molecule has 1 fully saturated rings. The van der Waals surface area contributed by atoms with Gasteiger partial charge in [0.15, 0.2) is 0 Å². The lowest BCUT2D eigenvalue weighted by molar-refractivity contribution is -0.0793. The molecule has 0 spiro atoms. The van der Waals surface area contributed by atoms with Crippen LogP contribution >= 0.6 is 0 Å². The van der Waals surface area contributed by atoms with E-state index in [4.69, 9.17) is 4.74 Å². The van der Waals surface area contributed by atoms with Gasteiger partial charge in [-0.25, -0.2) is 22.5 Å². The third kappa shape index (κ3) is 4.82. The maximum absolute atomic E-state index is 13.5. The maximum Gasteiger partial charge on any atom is 0.258 e. The Morgan fingerprint density at radius 1 is 1.11 bits per heavy atom. The number of aromatic nitrogens is 3. The van der Waals surface area contributed by atoms with Gasteiger partial charge in [0.05, 0.1) is 29.4 Å². The minimum atomic E-state index is -2.67. The summed E-state index contributed by atoms with van der Waals surface area (Å²) in [5.41, 5.74) is 1.93. The predicted molar refractivity (Wildman–Crippen MR) is 123 cm³/mol. The molecular weight excluding hydrogens is 464 g/mol. The second-order valence-electron chi connectivity index (χ2n) is 8.57. The fraction of sp³-hybridized carbons (Fsp3) is 0.240. The van der Waals surface area contributed by atoms with E-state index in [1.165, 1.54) is 25.3 Å². The van der Waals surface area contributed by atoms with Crippen molar-refractivity contribution in [1.29, 1.82) is 0 Å². The molecular formula is C25H20F4N4O2. The van der Waals surface area contributed by atoms with Crippen LogP contribution in [0.25, 0.3) is 22.2 Å². The molecule has 180 valence electrons. The average molecular weight is 484 g/mol. The Hall–Kier alpha value is -3.95. The lowest BCUT2D eigenvalue weighted by Gasteiger charge is -2.36. The highest BCUT2D eigenvalue weighted by atomic mass is 19.3. The minimum absolute atomic E-state index is 0.250. The number of methoxy groups -OCH3 is 1. The SMILES string of the molecule is COc1cc2c(=O)[nH]c(Cc3ccc(-c4cc(F)cc(F)c4)nc3)nc2cc1NC1CC(F)(F)C1. The molecule has 4 aromatic rings. The van der Waals surface area contributed by atoms with Crippen molar-refractivity contribution in [2.75, 3.05) is 12.4 Å². The summed E-state index contributed by atoms with van der Waals surface area (Å²) in [4.78, 5) is 24.2. The molecule has 0 saturated heterocycles. The zero-order valence-electron chi connectivity index (χ0n) is 18.5. The van der Waals surface area contributed by atoms with E-state index in [2.05, 4.69) is 20.3 Å². The molecule has 6 nitrogen and oxygen atoms in total. The molecule has 0 radical (unpaired) electrons. The van der Waals surface area contributed by atoms with E-state index in [1.54, 1.807) is 24.4 Å². The van der Waals surface area contributed by atoms with Crippen molar-refractivity contribution >= 4 is 16.6 Å². The van der Waals surface area contributed by atoms with E-state index in [0.717, 1.165) is 11.6 Å². The average Bonchev–Trinajstić information content (AvgIpc) is 2.77. The van der Waals surface area contributed by atoms with E-state index in [0.29, 0.717) is 39.4 Å². The number of ether oxygens (including phenoxy) is 1. The normalized spacial score (nSPS) is 15.1. The molecule has 2 N–H and O–H groups in total. The van der Waals surface area contributed by atoms with Gasteiger partial charge in [0.1, 0.15) is 23.2 Å². The number of pyridine rings is 1. The molecule has 2 heterocycles. The van der Waals surface area contributed by atoms with Gasteiger partial charge in [0.2, 0.25) is 0 Å². The summed E-state index contributed by atoms with van der Waals surface area (Å²) >= 11 is 0. The van der Waals surface area contributed by atoms with Gasteiger partial charge >= 0.3 is 0 Å². The van der Waals surface area contributed by atoms with Gasteiger partial charge in [-0.3, -0.25) is 9.78 Å². The van der Waals surface area contributed by atoms with Crippen LogP contribution in [0.4, 0.5) is 23.2 Å². The highest BCUT2D eigenvalue weighted by Crippen LogP contribution is 2.40. The molecule has 2 aromatic carbocycles. The Kier molecular flexibility index (Phi) is 5.66. The van der Waals surface area contributed by atoms with Gasteiger partial charge < -0.3 is 15.0 Å². The largest absolute Gasteiger partial charge is 0.495 e. The molecule has 0 atom stereocenters. The highest BCUT2D eigenvalue weighted by molar-refractivity contribution is 5.85. The number of nitrogens with one attached hydrogen (secondary N) is 2. The van der Waals surface area contributed by atoms with Crippen LogP contribution < -0.4 is 15.6 Å². The van der Waals surface area contributed by atoms with E-state index < -0.39 is 23.6 Å². The topological polar surface area (TPSA) is 79.9 Å². The van der Waals surface area contributed by atoms with Crippen molar-refractivity contribution < 1.29 is 22.3 Å². The minimum Gasteiger partial charge on any atom is -0.495 e. The summed E-state index contributed by atoms with van der Waals surface area (Å²) in [7, 11) is 1.44. The zero-order valence-corrected chi connectivity index (χ0v) is 18.5. The quantitative estimate of drug-likeness (QED) is 0.374. The highest BCUT2D eigenvalue weighted by Gasteiger charge is 2.45. The molecule has 10 heteroatoms. The monoisotopic (exact) mass is 484 g/mol. The number of fused-ring (bicyclic) bond motifs is 1. The third-order valence-electron chi connectivity index (χ3n) is 5.88. The van der Waals surface area contributed by atoms with Crippen molar-refractivity contribution in [2.24, 2.45) is 0 Å². The summed E-state index contributed by atoms with van der Waals surface area (Å²) in [6.45, 7) is 0. The first-order valence-electron chi connectivity index (χ1n) is 10.9. The number of hydrogen-bond acceptors (Lipinski definition) is 5. The molecule has 0 aliphatic heterocycles. The van der Waals surface area contributed by atoms with E-state index in [-0.39, 0.29) is 24.8 Å². The van der Waals surface area contributed by atoms with Gasteiger partial charge in [-0.1, -0.05) is 6.07 Å². The summed E-state index contributed by atoms with van der Waals surface area (Å²) in [6.07, 6.45) is 1.25. The Morgan fingerprint density at radius 2 is 1.86 bits per heavy atom. The number of H-pyrrole nitrogens is 1. The third-order valence-corrected chi connectivity index (χ3v) is 5.88. The van der Waals surface area contributed by atoms with Crippen molar-refractivity contribution in [3.05, 3.63) is 82.0 Å². The van der Waals surface area contributed by atoms with Crippen LogP contribution in [-0.4, -0.2) is 34.0 Å². The lowest BCUT2D eigenvalue weighted by Crippen LogP contribution is -2.44. The van der Waals surface area contributed by atoms with Crippen molar-refractivity contribution in [2.45, 2.75) is 31.2 Å². The molecule has 0 bridgehead atoms. The molecule has 1 aliphatic carbocycles. The number of hydrogen-bond donors (Lipinski definition) is 2. The predicted octanol–water partition coefficient (Wildman–Crippen LogP) is 5.07. The summed E-state index contributed by atoms with van der Waals surface area (Å²) in [5, 5.41) is 3.35. The summed E-state index contributed by atoms with van der Waals surface area (Å²) < 4.78 is 58.8. The second kappa shape index (κ2) is 8.68. The number of anilines is 1. The molecule has 0 unspecified atom stereocenters. The van der Waals surface area contributed by atoms with Gasteiger partial charge in [0, 0.05) is 43.1 Å². The first kappa shape index (κ1) is 22.8. The fourth-order valence-corrected chi connectivity index (χ4v) is 4.16. The first-order chi connectivity index (χ1) is 16.7. The molecule has 1 saturated carbocycles. The van der Waals surface area contributed by atoms with Crippen LogP contribution in [0, 0.1) is 11.6 Å². The smallest absolute Gasteiger partial charge is 0.258 e. The Labute approximate surface area is 197 Å². The van der Waals surface area contributed by atoms with Crippen LogP contribution in [0.3, 0.4) is 0 Å². The van der Waals surface area contributed by atoms with E-state index in [9.17, 15) is 22.4 Å². The second-order valence-corrected chi connectivity index (χ2v) is 8.57. The maximum atomic E-state index is 13.5. The van der Waals surface area contributed by atoms with Crippen molar-refractivity contribution in [3.8, 4) is 17.0 Å². The fourth-order valence-electron chi connectivity index (χ4n) is 4.16. The lowest BCUT2D eigenvalue weighted by atomic mass is 9.88. The molecule has 1 aliphatic rings. The van der Waals surface area contributed by atoms with E-state index >= 15 is 0 Å². The van der Waals surface area contributed by atoms with Gasteiger partial charge in [-0.05, 0) is 35.9 Å². The Morgan fingerprint density at radius 3 is 2.49 bits per heavy atom. The molecule has 5 rings (SSSR count). The van der Waals surface area contributed by atoms with Crippen LogP contribution in [-0.2, 0) is 6.42 Å². The number of aromatic amines is 1. The van der Waals surface area contributed by atoms with Crippen LogP contribution in [0.5, 0.6) is 5.75 Å². The van der Waals surface area contributed by atoms with Crippen molar-refractivity contribution in [1.82, 2.24) is 15.0 Å². The van der Waals surface area contributed by atoms with Crippen LogP contribution in [0.2, 0.25) is 0 Å². The number of alkyl halides is 2. The van der Waals surface area contributed by atoms with Gasteiger partial charge in [-0.15, -0.1) is 0 Å². The Bertz CT molecular complexity index is 1440. The molecule has 35 heavy (non-hydrogen) atoms. The van der Waals surface area contributed by atoms with Gasteiger partial charge in [0.25, 0.3) is 11.5 Å². The van der Waals surface area contributed by atoms with Crippen LogP contribution in [0.1, 0.15) is 24.2 Å². The zero-order chi connectivity index (χ0) is 24.7. The van der Waals surface area contributed by atoms with Crippen LogP contribution in [0.15, 0.2) is 53.5 Å².